The summed E-state index contributed by atoms with van der Waals surface area (Å²) >= 11 is 0. The van der Waals surface area contributed by atoms with Crippen molar-refractivity contribution in [1.29, 1.82) is 0 Å². The van der Waals surface area contributed by atoms with Crippen LogP contribution in [0.4, 0.5) is 0 Å². The minimum atomic E-state index is -0.234. The molecule has 0 unspecified atom stereocenters. The summed E-state index contributed by atoms with van der Waals surface area (Å²) in [7, 11) is 0. The molecule has 2 heterocycles. The summed E-state index contributed by atoms with van der Waals surface area (Å²) < 4.78 is 6.99. The van der Waals surface area contributed by atoms with Gasteiger partial charge in [-0.05, 0) is 12.5 Å². The lowest BCUT2D eigenvalue weighted by Gasteiger charge is -2.04. The van der Waals surface area contributed by atoms with E-state index in [0.29, 0.717) is 31.0 Å². The number of ether oxygens (including phenoxy) is 1. The molecule has 2 aromatic heterocycles. The maximum Gasteiger partial charge on any atom is 0.216 e. The van der Waals surface area contributed by atoms with Gasteiger partial charge in [0.2, 0.25) is 5.78 Å². The second-order valence-electron chi connectivity index (χ2n) is 4.24. The predicted octanol–water partition coefficient (Wildman–Crippen LogP) is 0.652. The molecule has 0 saturated heterocycles. The Morgan fingerprint density at radius 3 is 3.05 bits per heavy atom. The number of aromatic nitrogens is 4. The van der Waals surface area contributed by atoms with Gasteiger partial charge in [-0.2, -0.15) is 0 Å². The first kappa shape index (κ1) is 14.1. The highest BCUT2D eigenvalue weighted by molar-refractivity contribution is 6.07. The van der Waals surface area contributed by atoms with Crippen LogP contribution in [0.5, 0.6) is 5.75 Å². The topological polar surface area (TPSA) is 95.9 Å². The molecule has 0 aliphatic heterocycles. The van der Waals surface area contributed by atoms with Crippen LogP contribution in [0, 0.1) is 0 Å². The van der Waals surface area contributed by atoms with Crippen molar-refractivity contribution in [3.63, 3.8) is 0 Å². The first-order valence-corrected chi connectivity index (χ1v) is 6.47. The highest BCUT2D eigenvalue weighted by Crippen LogP contribution is 2.14. The van der Waals surface area contributed by atoms with Crippen molar-refractivity contribution in [3.8, 4) is 5.75 Å². The van der Waals surface area contributed by atoms with E-state index in [1.165, 1.54) is 10.9 Å². The molecule has 2 N–H and O–H groups in total. The van der Waals surface area contributed by atoms with Crippen LogP contribution in [0.3, 0.4) is 0 Å². The molecule has 7 nitrogen and oxygen atoms in total. The molecule has 0 bridgehead atoms. The van der Waals surface area contributed by atoms with Gasteiger partial charge in [0.15, 0.2) is 5.69 Å². The average molecular weight is 275 g/mol. The van der Waals surface area contributed by atoms with E-state index in [-0.39, 0.29) is 11.5 Å². The summed E-state index contributed by atoms with van der Waals surface area (Å²) in [5, 5.41) is 7.68. The average Bonchev–Trinajstić information content (AvgIpc) is 2.93. The SMILES string of the molecule is CCCOc1cncc(C(=O)c2cn(CCN)nn2)c1. The zero-order valence-electron chi connectivity index (χ0n) is 11.3. The standard InChI is InChI=1S/C13H17N5O2/c1-2-5-20-11-6-10(7-15-8-11)13(19)12-9-18(4-3-14)17-16-12/h6-9H,2-5,14H2,1H3. The number of carbonyl (C=O) groups excluding carboxylic acids is 1. The molecular formula is C13H17N5O2. The molecule has 0 aliphatic carbocycles. The van der Waals surface area contributed by atoms with Gasteiger partial charge in [0.05, 0.1) is 25.5 Å². The molecular weight excluding hydrogens is 258 g/mol. The van der Waals surface area contributed by atoms with Crippen molar-refractivity contribution < 1.29 is 9.53 Å². The van der Waals surface area contributed by atoms with Gasteiger partial charge in [-0.15, -0.1) is 5.10 Å². The monoisotopic (exact) mass is 275 g/mol. The molecule has 106 valence electrons. The molecule has 0 radical (unpaired) electrons. The second kappa shape index (κ2) is 6.76. The van der Waals surface area contributed by atoms with E-state index in [1.54, 1.807) is 18.5 Å². The third-order valence-electron chi connectivity index (χ3n) is 2.58. The van der Waals surface area contributed by atoms with E-state index < -0.39 is 0 Å². The quantitative estimate of drug-likeness (QED) is 0.745. The van der Waals surface area contributed by atoms with E-state index in [9.17, 15) is 4.79 Å². The highest BCUT2D eigenvalue weighted by Gasteiger charge is 2.14. The molecule has 0 saturated carbocycles. The van der Waals surface area contributed by atoms with Crippen LogP contribution >= 0.6 is 0 Å². The van der Waals surface area contributed by atoms with Crippen LogP contribution in [0.1, 0.15) is 29.4 Å². The van der Waals surface area contributed by atoms with E-state index in [1.807, 2.05) is 6.92 Å². The molecule has 2 aromatic rings. The third-order valence-corrected chi connectivity index (χ3v) is 2.58. The highest BCUT2D eigenvalue weighted by atomic mass is 16.5. The Balaban J connectivity index is 2.15. The van der Waals surface area contributed by atoms with E-state index in [4.69, 9.17) is 10.5 Å². The first-order valence-electron chi connectivity index (χ1n) is 6.47. The molecule has 0 spiro atoms. The number of nitrogens with zero attached hydrogens (tertiary/aromatic N) is 4. The number of rotatable bonds is 7. The van der Waals surface area contributed by atoms with Crippen molar-refractivity contribution in [3.05, 3.63) is 35.9 Å². The largest absolute Gasteiger partial charge is 0.492 e. The minimum absolute atomic E-state index is 0.234. The van der Waals surface area contributed by atoms with Crippen LogP contribution < -0.4 is 10.5 Å². The summed E-state index contributed by atoms with van der Waals surface area (Å²) in [6.45, 7) is 3.57. The van der Waals surface area contributed by atoms with Gasteiger partial charge in [0.25, 0.3) is 0 Å². The van der Waals surface area contributed by atoms with Gasteiger partial charge in [-0.25, -0.2) is 0 Å². The second-order valence-corrected chi connectivity index (χ2v) is 4.24. The lowest BCUT2D eigenvalue weighted by molar-refractivity contribution is 0.103. The number of carbonyl (C=O) groups is 1. The van der Waals surface area contributed by atoms with Gasteiger partial charge in [0.1, 0.15) is 5.75 Å². The maximum atomic E-state index is 12.2. The summed E-state index contributed by atoms with van der Waals surface area (Å²) in [6.07, 6.45) is 5.54. The van der Waals surface area contributed by atoms with Crippen LogP contribution in [-0.2, 0) is 6.54 Å². The first-order chi connectivity index (χ1) is 9.74. The summed E-state index contributed by atoms with van der Waals surface area (Å²) in [4.78, 5) is 16.3. The van der Waals surface area contributed by atoms with Crippen LogP contribution in [0.25, 0.3) is 0 Å². The fraction of sp³-hybridized carbons (Fsp3) is 0.385. The normalized spacial score (nSPS) is 10.5. The van der Waals surface area contributed by atoms with Crippen molar-refractivity contribution in [2.45, 2.75) is 19.9 Å². The summed E-state index contributed by atoms with van der Waals surface area (Å²) in [5.74, 6) is 0.342. The smallest absolute Gasteiger partial charge is 0.216 e. The molecule has 0 fully saturated rings. The Morgan fingerprint density at radius 1 is 1.45 bits per heavy atom. The van der Waals surface area contributed by atoms with E-state index in [2.05, 4.69) is 15.3 Å². The van der Waals surface area contributed by atoms with Crippen molar-refractivity contribution in [1.82, 2.24) is 20.0 Å². The van der Waals surface area contributed by atoms with Crippen molar-refractivity contribution >= 4 is 5.78 Å². The maximum absolute atomic E-state index is 12.2. The molecule has 0 aromatic carbocycles. The van der Waals surface area contributed by atoms with Crippen molar-refractivity contribution in [2.75, 3.05) is 13.2 Å². The van der Waals surface area contributed by atoms with Crippen LogP contribution in [0.15, 0.2) is 24.7 Å². The Hall–Kier alpha value is -2.28. The molecule has 7 heteroatoms. The fourth-order valence-electron chi connectivity index (χ4n) is 1.63. The summed E-state index contributed by atoms with van der Waals surface area (Å²) in [5.41, 5.74) is 6.12. The zero-order valence-corrected chi connectivity index (χ0v) is 11.3. The van der Waals surface area contributed by atoms with Crippen LogP contribution in [0.2, 0.25) is 0 Å². The van der Waals surface area contributed by atoms with Gasteiger partial charge < -0.3 is 10.5 Å². The van der Waals surface area contributed by atoms with Gasteiger partial charge in [-0.1, -0.05) is 12.1 Å². The third kappa shape index (κ3) is 3.39. The molecule has 0 amide bonds. The van der Waals surface area contributed by atoms with Crippen molar-refractivity contribution in [2.24, 2.45) is 5.73 Å². The molecule has 0 atom stereocenters. The van der Waals surface area contributed by atoms with Gasteiger partial charge >= 0.3 is 0 Å². The number of hydrogen-bond donors (Lipinski definition) is 1. The number of nitrogens with two attached hydrogens (primary N) is 1. The number of hydrogen-bond acceptors (Lipinski definition) is 6. The van der Waals surface area contributed by atoms with E-state index >= 15 is 0 Å². The lowest BCUT2D eigenvalue weighted by Crippen LogP contribution is -2.10. The molecule has 2 rings (SSSR count). The predicted molar refractivity (Wildman–Crippen MR) is 72.5 cm³/mol. The lowest BCUT2D eigenvalue weighted by atomic mass is 10.1. The van der Waals surface area contributed by atoms with Crippen LogP contribution in [-0.4, -0.2) is 38.9 Å². The Morgan fingerprint density at radius 2 is 2.30 bits per heavy atom. The molecule has 0 aliphatic rings. The minimum Gasteiger partial charge on any atom is -0.492 e. The zero-order chi connectivity index (χ0) is 14.4. The molecule has 20 heavy (non-hydrogen) atoms. The van der Waals surface area contributed by atoms with Gasteiger partial charge in [-0.3, -0.25) is 14.5 Å². The Kier molecular flexibility index (Phi) is 4.78. The fourth-order valence-corrected chi connectivity index (χ4v) is 1.63. The Bertz CT molecular complexity index is 582. The number of ketones is 1. The number of pyridine rings is 1. The van der Waals surface area contributed by atoms with Gasteiger partial charge in [0, 0.05) is 18.3 Å². The Labute approximate surface area is 116 Å². The van der Waals surface area contributed by atoms with E-state index in [0.717, 1.165) is 6.42 Å². The summed E-state index contributed by atoms with van der Waals surface area (Å²) in [6, 6.07) is 1.66.